The van der Waals surface area contributed by atoms with Crippen molar-refractivity contribution in [2.24, 2.45) is 0 Å². The molecule has 2 amide bonds. The summed E-state index contributed by atoms with van der Waals surface area (Å²) in [7, 11) is 0. The van der Waals surface area contributed by atoms with E-state index in [0.29, 0.717) is 18.5 Å². The van der Waals surface area contributed by atoms with E-state index in [0.717, 1.165) is 41.7 Å². The minimum atomic E-state index is -0.517. The Labute approximate surface area is 136 Å². The van der Waals surface area contributed by atoms with Crippen LogP contribution in [0.3, 0.4) is 0 Å². The highest BCUT2D eigenvalue weighted by Gasteiger charge is 2.24. The van der Waals surface area contributed by atoms with Crippen LogP contribution >= 0.6 is 0 Å². The summed E-state index contributed by atoms with van der Waals surface area (Å²) in [6, 6.07) is 5.32. The molecular formula is C18H24N2O3. The van der Waals surface area contributed by atoms with Crippen LogP contribution in [0.4, 0.5) is 0 Å². The first-order chi connectivity index (χ1) is 11.0. The maximum absolute atomic E-state index is 12.7. The first-order valence-corrected chi connectivity index (χ1v) is 8.10. The molecule has 0 atom stereocenters. The van der Waals surface area contributed by atoms with Crippen LogP contribution < -0.4 is 5.48 Å². The van der Waals surface area contributed by atoms with Crippen LogP contribution in [-0.2, 0) is 11.2 Å². The average Bonchev–Trinajstić information content (AvgIpc) is 2.58. The number of carbonyl (C=O) groups excluding carboxylic acids is 2. The summed E-state index contributed by atoms with van der Waals surface area (Å²) in [6.07, 6.45) is 2.36. The summed E-state index contributed by atoms with van der Waals surface area (Å²) in [5.74, 6) is -0.397. The fraction of sp³-hybridized carbons (Fsp3) is 0.444. The van der Waals surface area contributed by atoms with E-state index in [1.54, 1.807) is 17.6 Å². The van der Waals surface area contributed by atoms with Gasteiger partial charge in [-0.15, -0.1) is 0 Å². The summed E-state index contributed by atoms with van der Waals surface area (Å²) in [6.45, 7) is 7.53. The molecule has 0 radical (unpaired) electrons. The van der Waals surface area contributed by atoms with Gasteiger partial charge in [0.2, 0.25) is 5.91 Å². The van der Waals surface area contributed by atoms with E-state index in [2.05, 4.69) is 6.92 Å². The van der Waals surface area contributed by atoms with Gasteiger partial charge in [-0.05, 0) is 61.9 Å². The van der Waals surface area contributed by atoms with Crippen LogP contribution in [-0.4, -0.2) is 35.0 Å². The number of nitrogens with zero attached hydrogens (tertiary/aromatic N) is 1. The minimum Gasteiger partial charge on any atom is -0.339 e. The van der Waals surface area contributed by atoms with Gasteiger partial charge in [-0.2, -0.15) is 0 Å². The first kappa shape index (κ1) is 17.2. The molecule has 1 aromatic rings. The second-order valence-electron chi connectivity index (χ2n) is 5.80. The Morgan fingerprint density at radius 1 is 1.26 bits per heavy atom. The smallest absolute Gasteiger partial charge is 0.274 e. The number of fused-ring (bicyclic) bond motifs is 1. The van der Waals surface area contributed by atoms with Gasteiger partial charge < -0.3 is 4.90 Å². The lowest BCUT2D eigenvalue weighted by Gasteiger charge is -2.26. The summed E-state index contributed by atoms with van der Waals surface area (Å²) in [5, 5.41) is 8.74. The standard InChI is InChI=1S/C18H24N2O3/c1-4-10-20(5-2)18(22)16-9-6-13-11-14(17(21)19-23)7-8-15(13)12(16)3/h7-8,11,23H,4-6,9-10H2,1-3H3,(H,19,21). The molecule has 0 unspecified atom stereocenters. The zero-order chi connectivity index (χ0) is 17.0. The zero-order valence-electron chi connectivity index (χ0n) is 14.0. The Balaban J connectivity index is 2.35. The predicted molar refractivity (Wildman–Crippen MR) is 89.2 cm³/mol. The number of likely N-dealkylation sites (N-methyl/N-ethyl adjacent to an activating group) is 1. The highest BCUT2D eigenvalue weighted by atomic mass is 16.5. The van der Waals surface area contributed by atoms with Crippen molar-refractivity contribution in [2.75, 3.05) is 13.1 Å². The third kappa shape index (κ3) is 3.45. The lowest BCUT2D eigenvalue weighted by Crippen LogP contribution is -2.33. The Hall–Kier alpha value is -2.14. The molecule has 1 aromatic carbocycles. The van der Waals surface area contributed by atoms with Crippen molar-refractivity contribution in [2.45, 2.75) is 40.0 Å². The van der Waals surface area contributed by atoms with Crippen LogP contribution in [0.2, 0.25) is 0 Å². The Morgan fingerprint density at radius 2 is 2.00 bits per heavy atom. The molecule has 23 heavy (non-hydrogen) atoms. The number of benzene rings is 1. The van der Waals surface area contributed by atoms with Gasteiger partial charge in [-0.3, -0.25) is 14.8 Å². The Morgan fingerprint density at radius 3 is 2.61 bits per heavy atom. The number of hydrogen-bond acceptors (Lipinski definition) is 3. The summed E-state index contributed by atoms with van der Waals surface area (Å²) < 4.78 is 0. The van der Waals surface area contributed by atoms with Crippen LogP contribution in [0.25, 0.3) is 5.57 Å². The van der Waals surface area contributed by atoms with Crippen molar-refractivity contribution in [1.82, 2.24) is 10.4 Å². The van der Waals surface area contributed by atoms with Crippen LogP contribution in [0, 0.1) is 0 Å². The van der Waals surface area contributed by atoms with E-state index in [1.807, 2.05) is 24.8 Å². The summed E-state index contributed by atoms with van der Waals surface area (Å²) in [5.41, 5.74) is 5.99. The quantitative estimate of drug-likeness (QED) is 0.648. The minimum absolute atomic E-state index is 0.120. The van der Waals surface area contributed by atoms with E-state index in [9.17, 15) is 9.59 Å². The van der Waals surface area contributed by atoms with Gasteiger partial charge in [0.1, 0.15) is 0 Å². The number of aryl methyl sites for hydroxylation is 1. The largest absolute Gasteiger partial charge is 0.339 e. The monoisotopic (exact) mass is 316 g/mol. The van der Waals surface area contributed by atoms with Gasteiger partial charge in [0, 0.05) is 24.2 Å². The highest BCUT2D eigenvalue weighted by molar-refractivity contribution is 6.02. The van der Waals surface area contributed by atoms with Gasteiger partial charge in [-0.25, -0.2) is 5.48 Å². The van der Waals surface area contributed by atoms with Crippen LogP contribution in [0.5, 0.6) is 0 Å². The number of hydrogen-bond donors (Lipinski definition) is 2. The van der Waals surface area contributed by atoms with E-state index < -0.39 is 5.91 Å². The molecule has 0 bridgehead atoms. The normalized spacial score (nSPS) is 13.6. The third-order valence-corrected chi connectivity index (χ3v) is 4.39. The number of allylic oxidation sites excluding steroid dienone is 1. The molecule has 0 aliphatic heterocycles. The first-order valence-electron chi connectivity index (χ1n) is 8.10. The van der Waals surface area contributed by atoms with Crippen LogP contribution in [0.15, 0.2) is 23.8 Å². The topological polar surface area (TPSA) is 69.6 Å². The van der Waals surface area contributed by atoms with Gasteiger partial charge >= 0.3 is 0 Å². The third-order valence-electron chi connectivity index (χ3n) is 4.39. The van der Waals surface area contributed by atoms with Gasteiger partial charge in [0.25, 0.3) is 5.91 Å². The molecule has 124 valence electrons. The number of nitrogens with one attached hydrogen (secondary N) is 1. The Kier molecular flexibility index (Phi) is 5.55. The molecule has 2 N–H and O–H groups in total. The molecular weight excluding hydrogens is 292 g/mol. The maximum Gasteiger partial charge on any atom is 0.274 e. The molecule has 5 nitrogen and oxygen atoms in total. The van der Waals surface area contributed by atoms with Crippen molar-refractivity contribution in [3.05, 3.63) is 40.5 Å². The maximum atomic E-state index is 12.7. The van der Waals surface area contributed by atoms with Gasteiger partial charge in [0.15, 0.2) is 0 Å². The average molecular weight is 316 g/mol. The van der Waals surface area contributed by atoms with E-state index in [4.69, 9.17) is 5.21 Å². The van der Waals surface area contributed by atoms with Crippen LogP contribution in [0.1, 0.15) is 55.1 Å². The Bertz CT molecular complexity index is 650. The molecule has 2 rings (SSSR count). The fourth-order valence-corrected chi connectivity index (χ4v) is 3.11. The van der Waals surface area contributed by atoms with Gasteiger partial charge in [-0.1, -0.05) is 13.0 Å². The van der Waals surface area contributed by atoms with Crippen molar-refractivity contribution in [1.29, 1.82) is 0 Å². The van der Waals surface area contributed by atoms with Crippen molar-refractivity contribution >= 4 is 17.4 Å². The van der Waals surface area contributed by atoms with Gasteiger partial charge in [0.05, 0.1) is 0 Å². The molecule has 0 aromatic heterocycles. The predicted octanol–water partition coefficient (Wildman–Crippen LogP) is 2.78. The second kappa shape index (κ2) is 7.42. The second-order valence-corrected chi connectivity index (χ2v) is 5.80. The fourth-order valence-electron chi connectivity index (χ4n) is 3.11. The van der Waals surface area contributed by atoms with E-state index in [-0.39, 0.29) is 5.91 Å². The number of rotatable bonds is 5. The molecule has 0 spiro atoms. The van der Waals surface area contributed by atoms with Crippen molar-refractivity contribution in [3.8, 4) is 0 Å². The molecule has 0 heterocycles. The summed E-state index contributed by atoms with van der Waals surface area (Å²) >= 11 is 0. The number of carbonyl (C=O) groups is 2. The molecule has 1 aliphatic carbocycles. The zero-order valence-corrected chi connectivity index (χ0v) is 14.0. The lowest BCUT2D eigenvalue weighted by atomic mass is 9.85. The molecule has 0 fully saturated rings. The lowest BCUT2D eigenvalue weighted by molar-refractivity contribution is -0.127. The van der Waals surface area contributed by atoms with E-state index in [1.165, 1.54) is 0 Å². The summed E-state index contributed by atoms with van der Waals surface area (Å²) in [4.78, 5) is 26.1. The highest BCUT2D eigenvalue weighted by Crippen LogP contribution is 2.32. The molecule has 0 saturated carbocycles. The number of amides is 2. The molecule has 5 heteroatoms. The molecule has 0 saturated heterocycles. The van der Waals surface area contributed by atoms with Crippen molar-refractivity contribution < 1.29 is 14.8 Å². The van der Waals surface area contributed by atoms with E-state index >= 15 is 0 Å². The molecule has 1 aliphatic rings. The van der Waals surface area contributed by atoms with Crippen molar-refractivity contribution in [3.63, 3.8) is 0 Å². The SMILES string of the molecule is CCCN(CC)C(=O)C1=C(C)c2ccc(C(=O)NO)cc2CC1. The number of hydroxylamine groups is 1.